The van der Waals surface area contributed by atoms with Crippen molar-refractivity contribution in [1.29, 1.82) is 0 Å². The van der Waals surface area contributed by atoms with Crippen LogP contribution in [0.2, 0.25) is 0 Å². The molecule has 10 rings (SSSR count). The summed E-state index contributed by atoms with van der Waals surface area (Å²) in [5, 5.41) is 3.65. The Morgan fingerprint density at radius 2 is 0.943 bits per heavy atom. The summed E-state index contributed by atoms with van der Waals surface area (Å²) in [5.74, 6) is 1.01. The van der Waals surface area contributed by atoms with E-state index < -0.39 is 0 Å². The monoisotopic (exact) mass is 679 g/mol. The Morgan fingerprint density at radius 3 is 1.62 bits per heavy atom. The fraction of sp³-hybridized carbons (Fsp3) is 0.0588. The Hall–Kier alpha value is -6.64. The van der Waals surface area contributed by atoms with E-state index in [1.165, 1.54) is 66.2 Å². The summed E-state index contributed by atoms with van der Waals surface area (Å²) in [5.41, 5.74) is 15.2. The predicted molar refractivity (Wildman–Crippen MR) is 222 cm³/mol. The topological polar surface area (TPSA) is 16.4 Å². The maximum absolute atomic E-state index is 6.46. The lowest BCUT2D eigenvalue weighted by Gasteiger charge is -2.27. The second-order valence-corrected chi connectivity index (χ2v) is 14.6. The van der Waals surface area contributed by atoms with Crippen LogP contribution < -0.4 is 4.90 Å². The second-order valence-electron chi connectivity index (χ2n) is 14.6. The number of fused-ring (bicyclic) bond motifs is 6. The number of hydrogen-bond donors (Lipinski definition) is 0. The normalized spacial score (nSPS) is 12.9. The van der Waals surface area contributed by atoms with Crippen molar-refractivity contribution in [3.63, 3.8) is 0 Å². The van der Waals surface area contributed by atoms with Crippen molar-refractivity contribution in [2.24, 2.45) is 0 Å². The van der Waals surface area contributed by atoms with Crippen LogP contribution in [0.4, 0.5) is 17.1 Å². The first kappa shape index (κ1) is 31.1. The third-order valence-corrected chi connectivity index (χ3v) is 11.1. The van der Waals surface area contributed by atoms with Gasteiger partial charge in [-0.2, -0.15) is 0 Å². The van der Waals surface area contributed by atoms with Gasteiger partial charge in [-0.15, -0.1) is 0 Å². The molecule has 1 aromatic heterocycles. The Balaban J connectivity index is 0.977. The molecule has 1 heterocycles. The van der Waals surface area contributed by atoms with Crippen LogP contribution in [-0.2, 0) is 5.41 Å². The van der Waals surface area contributed by atoms with Crippen molar-refractivity contribution in [3.8, 4) is 44.7 Å². The van der Waals surface area contributed by atoms with Crippen LogP contribution in [0.15, 0.2) is 192 Å². The zero-order chi connectivity index (χ0) is 35.5. The maximum atomic E-state index is 6.46. The summed E-state index contributed by atoms with van der Waals surface area (Å²) in [6.45, 7) is 4.62. The van der Waals surface area contributed by atoms with E-state index in [2.05, 4.69) is 201 Å². The first-order valence-electron chi connectivity index (χ1n) is 18.3. The molecule has 0 atom stereocenters. The molecule has 53 heavy (non-hydrogen) atoms. The molecule has 252 valence electrons. The van der Waals surface area contributed by atoms with E-state index in [-0.39, 0.29) is 5.41 Å². The van der Waals surface area contributed by atoms with Gasteiger partial charge in [-0.25, -0.2) is 0 Å². The van der Waals surface area contributed by atoms with Crippen molar-refractivity contribution in [3.05, 3.63) is 199 Å². The van der Waals surface area contributed by atoms with Gasteiger partial charge in [0.15, 0.2) is 0 Å². The van der Waals surface area contributed by atoms with Crippen LogP contribution in [0.5, 0.6) is 0 Å². The van der Waals surface area contributed by atoms with Gasteiger partial charge in [0, 0.05) is 38.7 Å². The number of para-hydroxylation sites is 1. The summed E-state index contributed by atoms with van der Waals surface area (Å²) in [4.78, 5) is 2.37. The number of rotatable bonds is 6. The van der Waals surface area contributed by atoms with Gasteiger partial charge in [-0.3, -0.25) is 0 Å². The molecule has 0 unspecified atom stereocenters. The molecule has 2 heteroatoms. The molecule has 0 amide bonds. The van der Waals surface area contributed by atoms with Crippen molar-refractivity contribution in [2.75, 3.05) is 4.90 Å². The fourth-order valence-electron chi connectivity index (χ4n) is 8.37. The Bertz CT molecular complexity index is 2770. The van der Waals surface area contributed by atoms with Gasteiger partial charge in [0.25, 0.3) is 0 Å². The van der Waals surface area contributed by atoms with Crippen LogP contribution in [0.3, 0.4) is 0 Å². The largest absolute Gasteiger partial charge is 0.456 e. The molecular weight excluding hydrogens is 643 g/mol. The third kappa shape index (κ3) is 5.18. The minimum atomic E-state index is -0.110. The summed E-state index contributed by atoms with van der Waals surface area (Å²) in [6, 6.07) is 67.8. The number of furan rings is 1. The molecule has 9 aromatic rings. The summed E-state index contributed by atoms with van der Waals surface area (Å²) in [6.07, 6.45) is 0. The van der Waals surface area contributed by atoms with E-state index in [0.29, 0.717) is 0 Å². The zero-order valence-corrected chi connectivity index (χ0v) is 29.8. The average Bonchev–Trinajstić information content (AvgIpc) is 3.72. The van der Waals surface area contributed by atoms with Crippen molar-refractivity contribution < 1.29 is 4.42 Å². The molecule has 0 radical (unpaired) electrons. The average molecular weight is 680 g/mol. The number of hydrogen-bond acceptors (Lipinski definition) is 2. The Kier molecular flexibility index (Phi) is 7.19. The zero-order valence-electron chi connectivity index (χ0n) is 29.8. The van der Waals surface area contributed by atoms with Gasteiger partial charge in [-0.05, 0) is 86.8 Å². The Morgan fingerprint density at radius 1 is 0.434 bits per heavy atom. The van der Waals surface area contributed by atoms with Crippen LogP contribution in [0, 0.1) is 0 Å². The quantitative estimate of drug-likeness (QED) is 0.174. The molecule has 1 aliphatic carbocycles. The molecule has 0 N–H and O–H groups in total. The molecule has 1 aliphatic rings. The molecule has 0 saturated carbocycles. The molecule has 0 fully saturated rings. The predicted octanol–water partition coefficient (Wildman–Crippen LogP) is 14.4. The summed E-state index contributed by atoms with van der Waals surface area (Å²) in [7, 11) is 0. The molecule has 0 bridgehead atoms. The molecule has 0 spiro atoms. The van der Waals surface area contributed by atoms with Crippen LogP contribution in [0.25, 0.3) is 66.4 Å². The molecular formula is C51H37NO. The smallest absolute Gasteiger partial charge is 0.139 e. The van der Waals surface area contributed by atoms with E-state index in [1.807, 2.05) is 6.07 Å². The van der Waals surface area contributed by atoms with Gasteiger partial charge in [0.05, 0.1) is 5.69 Å². The highest BCUT2D eigenvalue weighted by Crippen LogP contribution is 2.53. The van der Waals surface area contributed by atoms with Crippen LogP contribution in [0.1, 0.15) is 25.0 Å². The van der Waals surface area contributed by atoms with Crippen LogP contribution in [-0.4, -0.2) is 0 Å². The minimum absolute atomic E-state index is 0.110. The van der Waals surface area contributed by atoms with E-state index in [1.54, 1.807) is 0 Å². The van der Waals surface area contributed by atoms with Crippen molar-refractivity contribution in [2.45, 2.75) is 19.3 Å². The lowest BCUT2D eigenvalue weighted by atomic mass is 9.81. The van der Waals surface area contributed by atoms with E-state index >= 15 is 0 Å². The van der Waals surface area contributed by atoms with E-state index in [0.717, 1.165) is 28.4 Å². The van der Waals surface area contributed by atoms with E-state index in [9.17, 15) is 0 Å². The number of nitrogens with zero attached hydrogens (tertiary/aromatic N) is 1. The van der Waals surface area contributed by atoms with E-state index in [4.69, 9.17) is 4.42 Å². The third-order valence-electron chi connectivity index (χ3n) is 11.1. The van der Waals surface area contributed by atoms with Gasteiger partial charge in [0.1, 0.15) is 11.3 Å². The van der Waals surface area contributed by atoms with Gasteiger partial charge >= 0.3 is 0 Å². The molecule has 2 nitrogen and oxygen atoms in total. The van der Waals surface area contributed by atoms with Gasteiger partial charge in [-0.1, -0.05) is 159 Å². The Labute approximate surface area is 310 Å². The number of anilines is 3. The van der Waals surface area contributed by atoms with Gasteiger partial charge < -0.3 is 9.32 Å². The first-order chi connectivity index (χ1) is 26.0. The van der Waals surface area contributed by atoms with Crippen molar-refractivity contribution in [1.82, 2.24) is 0 Å². The lowest BCUT2D eigenvalue weighted by Crippen LogP contribution is -2.14. The molecule has 0 saturated heterocycles. The molecule has 8 aromatic carbocycles. The summed E-state index contributed by atoms with van der Waals surface area (Å²) < 4.78 is 6.46. The minimum Gasteiger partial charge on any atom is -0.456 e. The standard InChI is InChI=1S/C51H37NO/c1-51(2)46-32-27-40(33-45(46)50-49(51)44-16-8-9-18-48(44)53-50)38-21-19-35(20-22-38)37-25-30-42(31-26-37)52(47-17-10-14-39-13-6-7-15-43(39)47)41-28-23-36(24-29-41)34-11-4-3-5-12-34/h3-33H,1-2H3. The highest BCUT2D eigenvalue weighted by atomic mass is 16.3. The SMILES string of the molecule is CC1(C)c2ccc(-c3ccc(-c4ccc(N(c5ccc(-c6ccccc6)cc5)c5cccc6ccccc56)cc4)cc3)cc2-c2oc3ccccc3c21. The number of benzene rings is 8. The highest BCUT2D eigenvalue weighted by molar-refractivity contribution is 5.99. The lowest BCUT2D eigenvalue weighted by molar-refractivity contribution is 0.619. The van der Waals surface area contributed by atoms with Gasteiger partial charge in [0.2, 0.25) is 0 Å². The van der Waals surface area contributed by atoms with Crippen LogP contribution >= 0.6 is 0 Å². The highest BCUT2D eigenvalue weighted by Gasteiger charge is 2.40. The molecule has 0 aliphatic heterocycles. The van der Waals surface area contributed by atoms with Crippen molar-refractivity contribution >= 4 is 38.8 Å². The summed E-state index contributed by atoms with van der Waals surface area (Å²) >= 11 is 0. The fourth-order valence-corrected chi connectivity index (χ4v) is 8.37. The maximum Gasteiger partial charge on any atom is 0.139 e. The first-order valence-corrected chi connectivity index (χ1v) is 18.3. The second kappa shape index (κ2) is 12.3.